The maximum absolute atomic E-state index is 13.4. The van der Waals surface area contributed by atoms with Crippen molar-refractivity contribution in [1.82, 2.24) is 19.8 Å². The van der Waals surface area contributed by atoms with Crippen LogP contribution in [0.2, 0.25) is 0 Å². The lowest BCUT2D eigenvalue weighted by molar-refractivity contribution is 0.177. The van der Waals surface area contributed by atoms with E-state index >= 15 is 0 Å². The van der Waals surface area contributed by atoms with Gasteiger partial charge in [-0.3, -0.25) is 0 Å². The number of imidazole rings is 1. The molecule has 0 bridgehead atoms. The molecule has 0 aliphatic heterocycles. The minimum atomic E-state index is -3.72. The van der Waals surface area contributed by atoms with Crippen molar-refractivity contribution in [3.63, 3.8) is 0 Å². The fraction of sp³-hybridized carbons (Fsp3) is 0.407. The number of hydrogen-bond donors (Lipinski definition) is 1. The Kier molecular flexibility index (Phi) is 8.38. The molecule has 3 rings (SSSR count). The summed E-state index contributed by atoms with van der Waals surface area (Å²) in [5.41, 5.74) is 1.94. The second-order valence-corrected chi connectivity index (χ2v) is 12.2. The number of hydrogen-bond acceptors (Lipinski definition) is 4. The molecule has 0 saturated heterocycles. The average Bonchev–Trinajstić information content (AvgIpc) is 3.16. The molecule has 0 aliphatic rings. The Morgan fingerprint density at radius 1 is 1.00 bits per heavy atom. The molecule has 188 valence electrons. The van der Waals surface area contributed by atoms with Gasteiger partial charge in [0.1, 0.15) is 0 Å². The second kappa shape index (κ2) is 11.1. The molecular weight excluding hydrogens is 460 g/mol. The number of nitrogens with zero attached hydrogens (tertiary/aromatic N) is 3. The SMILES string of the molecule is CC(C)CN(Cc1cnc(S(=O)(=O)Cc2ccccc2)n1Cc1ccccc1)C(=O)NC(C)(C)C. The Bertz CT molecular complexity index is 1210. The van der Waals surface area contributed by atoms with Crippen molar-refractivity contribution in [1.29, 1.82) is 0 Å². The summed E-state index contributed by atoms with van der Waals surface area (Å²) < 4.78 is 28.6. The molecule has 8 heteroatoms. The summed E-state index contributed by atoms with van der Waals surface area (Å²) in [6.45, 7) is 11.0. The van der Waals surface area contributed by atoms with Gasteiger partial charge in [-0.05, 0) is 37.8 Å². The van der Waals surface area contributed by atoms with Crippen molar-refractivity contribution in [3.8, 4) is 0 Å². The molecule has 35 heavy (non-hydrogen) atoms. The number of sulfone groups is 1. The molecule has 1 N–H and O–H groups in total. The molecule has 0 aliphatic carbocycles. The van der Waals surface area contributed by atoms with E-state index < -0.39 is 9.84 Å². The Labute approximate surface area is 209 Å². The van der Waals surface area contributed by atoms with Crippen LogP contribution < -0.4 is 5.32 Å². The fourth-order valence-electron chi connectivity index (χ4n) is 3.82. The van der Waals surface area contributed by atoms with Gasteiger partial charge in [0.15, 0.2) is 0 Å². The predicted molar refractivity (Wildman–Crippen MR) is 139 cm³/mol. The lowest BCUT2D eigenvalue weighted by Crippen LogP contribution is -2.49. The normalized spacial score (nSPS) is 12.1. The Morgan fingerprint density at radius 3 is 2.11 bits per heavy atom. The van der Waals surface area contributed by atoms with Gasteiger partial charge in [-0.2, -0.15) is 0 Å². The number of carbonyl (C=O) groups excluding carboxylic acids is 1. The summed E-state index contributed by atoms with van der Waals surface area (Å²) in [6, 6.07) is 18.6. The number of rotatable bonds is 9. The van der Waals surface area contributed by atoms with Crippen LogP contribution in [0, 0.1) is 5.92 Å². The monoisotopic (exact) mass is 496 g/mol. The van der Waals surface area contributed by atoms with E-state index in [1.807, 2.05) is 83.1 Å². The highest BCUT2D eigenvalue weighted by atomic mass is 32.2. The van der Waals surface area contributed by atoms with E-state index in [-0.39, 0.29) is 34.9 Å². The molecule has 1 aromatic heterocycles. The quantitative estimate of drug-likeness (QED) is 0.458. The van der Waals surface area contributed by atoms with Crippen LogP contribution in [0.5, 0.6) is 0 Å². The standard InChI is InChI=1S/C27H36N4O3S/c1-21(2)17-30(25(32)29-27(3,4)5)19-24-16-28-26(31(24)18-22-12-8-6-9-13-22)35(33,34)20-23-14-10-7-11-15-23/h6-16,21H,17-20H2,1-5H3,(H,29,32). The molecular formula is C27H36N4O3S. The van der Waals surface area contributed by atoms with Crippen molar-refractivity contribution in [2.24, 2.45) is 5.92 Å². The zero-order chi connectivity index (χ0) is 25.6. The molecule has 0 fully saturated rings. The maximum Gasteiger partial charge on any atom is 0.318 e. The van der Waals surface area contributed by atoms with Gasteiger partial charge < -0.3 is 14.8 Å². The summed E-state index contributed by atoms with van der Waals surface area (Å²) in [5, 5.41) is 3.04. The van der Waals surface area contributed by atoms with Crippen LogP contribution in [-0.4, -0.2) is 41.0 Å². The Hall–Kier alpha value is -3.13. The van der Waals surface area contributed by atoms with Gasteiger partial charge in [-0.1, -0.05) is 74.5 Å². The van der Waals surface area contributed by atoms with Crippen LogP contribution in [0.3, 0.4) is 0 Å². The van der Waals surface area contributed by atoms with E-state index in [4.69, 9.17) is 0 Å². The van der Waals surface area contributed by atoms with Crippen LogP contribution in [0.25, 0.3) is 0 Å². The summed E-state index contributed by atoms with van der Waals surface area (Å²) in [5.74, 6) is 0.103. The molecule has 0 atom stereocenters. The minimum Gasteiger partial charge on any atom is -0.333 e. The van der Waals surface area contributed by atoms with E-state index in [2.05, 4.69) is 10.3 Å². The minimum absolute atomic E-state index is 0.0148. The lowest BCUT2D eigenvalue weighted by atomic mass is 10.1. The highest BCUT2D eigenvalue weighted by Gasteiger charge is 2.27. The first-order valence-electron chi connectivity index (χ1n) is 11.9. The molecule has 3 aromatic rings. The molecule has 0 radical (unpaired) electrons. The molecule has 0 spiro atoms. The summed E-state index contributed by atoms with van der Waals surface area (Å²) >= 11 is 0. The van der Waals surface area contributed by atoms with E-state index in [0.717, 1.165) is 5.56 Å². The van der Waals surface area contributed by atoms with Gasteiger partial charge in [0, 0.05) is 12.1 Å². The molecule has 7 nitrogen and oxygen atoms in total. The van der Waals surface area contributed by atoms with Gasteiger partial charge in [0.25, 0.3) is 0 Å². The van der Waals surface area contributed by atoms with E-state index in [1.54, 1.807) is 27.8 Å². The molecule has 0 saturated carbocycles. The Balaban J connectivity index is 2.00. The highest BCUT2D eigenvalue weighted by Crippen LogP contribution is 2.21. The van der Waals surface area contributed by atoms with Crippen LogP contribution in [0.15, 0.2) is 72.0 Å². The van der Waals surface area contributed by atoms with Crippen LogP contribution in [-0.2, 0) is 28.7 Å². The molecule has 1 heterocycles. The Morgan fingerprint density at radius 2 is 1.57 bits per heavy atom. The number of benzene rings is 2. The molecule has 2 amide bonds. The number of carbonyl (C=O) groups is 1. The summed E-state index contributed by atoms with van der Waals surface area (Å²) in [4.78, 5) is 19.2. The van der Waals surface area contributed by atoms with Gasteiger partial charge in [-0.15, -0.1) is 0 Å². The second-order valence-electron chi connectivity index (χ2n) is 10.3. The van der Waals surface area contributed by atoms with Crippen molar-refractivity contribution < 1.29 is 13.2 Å². The highest BCUT2D eigenvalue weighted by molar-refractivity contribution is 7.90. The van der Waals surface area contributed by atoms with Crippen molar-refractivity contribution in [2.45, 2.75) is 64.2 Å². The van der Waals surface area contributed by atoms with E-state index in [0.29, 0.717) is 24.3 Å². The first kappa shape index (κ1) is 26.5. The number of amides is 2. The van der Waals surface area contributed by atoms with Crippen molar-refractivity contribution in [3.05, 3.63) is 83.7 Å². The smallest absolute Gasteiger partial charge is 0.318 e. The number of urea groups is 1. The zero-order valence-corrected chi connectivity index (χ0v) is 22.0. The summed E-state index contributed by atoms with van der Waals surface area (Å²) in [7, 11) is -3.72. The van der Waals surface area contributed by atoms with E-state index in [9.17, 15) is 13.2 Å². The van der Waals surface area contributed by atoms with Crippen LogP contribution >= 0.6 is 0 Å². The maximum atomic E-state index is 13.4. The lowest BCUT2D eigenvalue weighted by Gasteiger charge is -2.30. The van der Waals surface area contributed by atoms with E-state index in [1.165, 1.54) is 0 Å². The third-order valence-electron chi connectivity index (χ3n) is 5.27. The number of nitrogens with one attached hydrogen (secondary N) is 1. The first-order valence-corrected chi connectivity index (χ1v) is 13.5. The van der Waals surface area contributed by atoms with Gasteiger partial charge in [0.05, 0.1) is 30.7 Å². The number of aromatic nitrogens is 2. The fourth-order valence-corrected chi connectivity index (χ4v) is 5.31. The summed E-state index contributed by atoms with van der Waals surface area (Å²) in [6.07, 6.45) is 1.58. The predicted octanol–water partition coefficient (Wildman–Crippen LogP) is 4.87. The zero-order valence-electron chi connectivity index (χ0n) is 21.2. The van der Waals surface area contributed by atoms with Crippen molar-refractivity contribution in [2.75, 3.05) is 6.54 Å². The van der Waals surface area contributed by atoms with Crippen LogP contribution in [0.4, 0.5) is 4.79 Å². The van der Waals surface area contributed by atoms with Crippen LogP contribution in [0.1, 0.15) is 51.4 Å². The third kappa shape index (κ3) is 7.68. The van der Waals surface area contributed by atoms with Gasteiger partial charge in [-0.25, -0.2) is 18.2 Å². The van der Waals surface area contributed by atoms with Gasteiger partial charge in [0.2, 0.25) is 15.0 Å². The van der Waals surface area contributed by atoms with Crippen molar-refractivity contribution >= 4 is 15.9 Å². The van der Waals surface area contributed by atoms with Gasteiger partial charge >= 0.3 is 6.03 Å². The molecule has 0 unspecified atom stereocenters. The average molecular weight is 497 g/mol. The molecule has 2 aromatic carbocycles. The largest absolute Gasteiger partial charge is 0.333 e. The first-order chi connectivity index (χ1) is 16.4. The topological polar surface area (TPSA) is 84.3 Å². The third-order valence-corrected chi connectivity index (χ3v) is 6.87.